The third kappa shape index (κ3) is 6.33. The van der Waals surface area contributed by atoms with E-state index in [0.717, 1.165) is 29.3 Å². The average Bonchev–Trinajstić information content (AvgIpc) is 2.63. The molecule has 1 fully saturated rings. The van der Waals surface area contributed by atoms with E-state index in [9.17, 15) is 9.59 Å². The van der Waals surface area contributed by atoms with E-state index in [4.69, 9.17) is 4.74 Å². The Bertz CT molecular complexity index is 588. The third-order valence-corrected chi connectivity index (χ3v) is 5.15. The Labute approximate surface area is 156 Å². The molecule has 0 heterocycles. The van der Waals surface area contributed by atoms with Crippen molar-refractivity contribution in [2.45, 2.75) is 45.6 Å². The monoisotopic (exact) mass is 362 g/mol. The van der Waals surface area contributed by atoms with Gasteiger partial charge in [0.25, 0.3) is 11.8 Å². The number of quaternary nitrogens is 1. The van der Waals surface area contributed by atoms with Gasteiger partial charge >= 0.3 is 0 Å². The van der Waals surface area contributed by atoms with Gasteiger partial charge in [0.2, 0.25) is 0 Å². The van der Waals surface area contributed by atoms with Crippen molar-refractivity contribution in [1.29, 1.82) is 0 Å². The molecule has 0 saturated heterocycles. The fourth-order valence-electron chi connectivity index (χ4n) is 3.43. The van der Waals surface area contributed by atoms with E-state index in [0.29, 0.717) is 12.5 Å². The summed E-state index contributed by atoms with van der Waals surface area (Å²) in [6.45, 7) is 5.53. The maximum Gasteiger partial charge on any atom is 0.279 e. The van der Waals surface area contributed by atoms with Crippen LogP contribution in [0, 0.1) is 5.92 Å². The summed E-state index contributed by atoms with van der Waals surface area (Å²) in [5, 5.41) is 6.04. The Morgan fingerprint density at radius 1 is 1.12 bits per heavy atom. The Balaban J connectivity index is 1.79. The number of nitrogens with one attached hydrogen (secondary N) is 3. The SMILES string of the molecule is CC[NH+](CC(=O)Nc1ccc(OC)cc1)CC(=O)N[C@@H]1CCCC[C@@H]1C. The minimum atomic E-state index is -0.0918. The molecule has 2 rings (SSSR count). The number of carbonyl (C=O) groups is 2. The Morgan fingerprint density at radius 3 is 2.38 bits per heavy atom. The summed E-state index contributed by atoms with van der Waals surface area (Å²) in [6, 6.07) is 7.50. The van der Waals surface area contributed by atoms with E-state index in [-0.39, 0.29) is 24.4 Å². The number of amides is 2. The first-order chi connectivity index (χ1) is 12.5. The van der Waals surface area contributed by atoms with E-state index in [2.05, 4.69) is 17.6 Å². The predicted molar refractivity (Wildman–Crippen MR) is 102 cm³/mol. The second-order valence-corrected chi connectivity index (χ2v) is 7.17. The molecular formula is C20H32N3O3+. The van der Waals surface area contributed by atoms with E-state index in [1.807, 2.05) is 6.92 Å². The normalized spacial score (nSPS) is 20.9. The van der Waals surface area contributed by atoms with Crippen LogP contribution in [0.25, 0.3) is 0 Å². The highest BCUT2D eigenvalue weighted by Gasteiger charge is 2.24. The quantitative estimate of drug-likeness (QED) is 0.651. The summed E-state index contributed by atoms with van der Waals surface area (Å²) in [5.41, 5.74) is 0.728. The Hall–Kier alpha value is -2.08. The minimum absolute atomic E-state index is 0.0397. The lowest BCUT2D eigenvalue weighted by atomic mass is 9.86. The van der Waals surface area contributed by atoms with Crippen LogP contribution < -0.4 is 20.3 Å². The molecule has 3 atom stereocenters. The minimum Gasteiger partial charge on any atom is -0.497 e. The summed E-state index contributed by atoms with van der Waals surface area (Å²) < 4.78 is 5.11. The highest BCUT2D eigenvalue weighted by Crippen LogP contribution is 2.23. The molecule has 26 heavy (non-hydrogen) atoms. The molecule has 1 aliphatic rings. The summed E-state index contributed by atoms with van der Waals surface area (Å²) >= 11 is 0. The van der Waals surface area contributed by atoms with Crippen molar-refractivity contribution in [3.05, 3.63) is 24.3 Å². The smallest absolute Gasteiger partial charge is 0.279 e. The zero-order valence-electron chi connectivity index (χ0n) is 16.1. The van der Waals surface area contributed by atoms with Gasteiger partial charge in [0, 0.05) is 11.7 Å². The third-order valence-electron chi connectivity index (χ3n) is 5.15. The van der Waals surface area contributed by atoms with Crippen LogP contribution in [0.5, 0.6) is 5.75 Å². The van der Waals surface area contributed by atoms with Crippen molar-refractivity contribution in [1.82, 2.24) is 5.32 Å². The van der Waals surface area contributed by atoms with Gasteiger partial charge in [-0.3, -0.25) is 9.59 Å². The number of carbonyl (C=O) groups excluding carboxylic acids is 2. The highest BCUT2D eigenvalue weighted by atomic mass is 16.5. The molecule has 1 aliphatic carbocycles. The van der Waals surface area contributed by atoms with Crippen LogP contribution in [0.1, 0.15) is 39.5 Å². The van der Waals surface area contributed by atoms with Crippen LogP contribution in [0.2, 0.25) is 0 Å². The van der Waals surface area contributed by atoms with E-state index in [1.165, 1.54) is 19.3 Å². The van der Waals surface area contributed by atoms with Crippen molar-refractivity contribution in [2.24, 2.45) is 5.92 Å². The molecule has 0 aliphatic heterocycles. The van der Waals surface area contributed by atoms with Gasteiger partial charge in [0.05, 0.1) is 13.7 Å². The molecule has 6 nitrogen and oxygen atoms in total. The fraction of sp³-hybridized carbons (Fsp3) is 0.600. The highest BCUT2D eigenvalue weighted by molar-refractivity contribution is 5.91. The lowest BCUT2D eigenvalue weighted by Crippen LogP contribution is -3.14. The van der Waals surface area contributed by atoms with Gasteiger partial charge in [-0.05, 0) is 49.9 Å². The lowest BCUT2D eigenvalue weighted by molar-refractivity contribution is -0.881. The zero-order valence-corrected chi connectivity index (χ0v) is 16.1. The number of benzene rings is 1. The second-order valence-electron chi connectivity index (χ2n) is 7.17. The van der Waals surface area contributed by atoms with Crippen molar-refractivity contribution in [2.75, 3.05) is 32.1 Å². The molecule has 0 bridgehead atoms. The van der Waals surface area contributed by atoms with Gasteiger partial charge in [-0.2, -0.15) is 0 Å². The predicted octanol–water partition coefficient (Wildman–Crippen LogP) is 1.23. The topological polar surface area (TPSA) is 71.9 Å². The van der Waals surface area contributed by atoms with E-state index < -0.39 is 0 Å². The van der Waals surface area contributed by atoms with Gasteiger partial charge in [-0.25, -0.2) is 0 Å². The van der Waals surface area contributed by atoms with Crippen molar-refractivity contribution < 1.29 is 19.2 Å². The fourth-order valence-corrected chi connectivity index (χ4v) is 3.43. The summed E-state index contributed by atoms with van der Waals surface area (Å²) in [6.07, 6.45) is 4.68. The molecule has 0 aromatic heterocycles. The lowest BCUT2D eigenvalue weighted by Gasteiger charge is -2.29. The van der Waals surface area contributed by atoms with Crippen LogP contribution in [0.15, 0.2) is 24.3 Å². The average molecular weight is 362 g/mol. The maximum absolute atomic E-state index is 12.4. The van der Waals surface area contributed by atoms with Gasteiger partial charge in [-0.15, -0.1) is 0 Å². The van der Waals surface area contributed by atoms with Gasteiger partial charge in [-0.1, -0.05) is 19.8 Å². The Kier molecular flexibility index (Phi) is 7.91. The molecule has 144 valence electrons. The first kappa shape index (κ1) is 20.2. The molecule has 1 aromatic rings. The van der Waals surface area contributed by atoms with E-state index >= 15 is 0 Å². The zero-order chi connectivity index (χ0) is 18.9. The van der Waals surface area contributed by atoms with Crippen molar-refractivity contribution in [3.8, 4) is 5.75 Å². The number of ether oxygens (including phenoxy) is 1. The number of methoxy groups -OCH3 is 1. The molecule has 0 spiro atoms. The number of anilines is 1. The number of hydrogen-bond donors (Lipinski definition) is 3. The molecule has 1 saturated carbocycles. The summed E-state index contributed by atoms with van der Waals surface area (Å²) in [7, 11) is 1.61. The van der Waals surface area contributed by atoms with E-state index in [1.54, 1.807) is 31.4 Å². The first-order valence-electron chi connectivity index (χ1n) is 9.58. The molecule has 0 radical (unpaired) electrons. The number of likely N-dealkylation sites (N-methyl/N-ethyl adjacent to an activating group) is 1. The number of rotatable bonds is 8. The van der Waals surface area contributed by atoms with Crippen molar-refractivity contribution in [3.63, 3.8) is 0 Å². The number of hydrogen-bond acceptors (Lipinski definition) is 3. The first-order valence-corrected chi connectivity index (χ1v) is 9.58. The van der Waals surface area contributed by atoms with Gasteiger partial charge in [0.1, 0.15) is 5.75 Å². The van der Waals surface area contributed by atoms with Crippen LogP contribution in [0.3, 0.4) is 0 Å². The van der Waals surface area contributed by atoms with Crippen LogP contribution in [-0.4, -0.2) is 44.6 Å². The molecule has 2 amide bonds. The summed E-state index contributed by atoms with van der Waals surface area (Å²) in [5.74, 6) is 1.23. The Morgan fingerprint density at radius 2 is 1.77 bits per heavy atom. The van der Waals surface area contributed by atoms with Gasteiger partial charge in [0.15, 0.2) is 13.1 Å². The molecular weight excluding hydrogens is 330 g/mol. The largest absolute Gasteiger partial charge is 0.497 e. The molecule has 1 unspecified atom stereocenters. The molecule has 6 heteroatoms. The molecule has 3 N–H and O–H groups in total. The second kappa shape index (κ2) is 10.2. The van der Waals surface area contributed by atoms with Crippen LogP contribution in [0.4, 0.5) is 5.69 Å². The maximum atomic E-state index is 12.4. The molecule has 1 aromatic carbocycles. The summed E-state index contributed by atoms with van der Waals surface area (Å²) in [4.78, 5) is 25.6. The van der Waals surface area contributed by atoms with Crippen molar-refractivity contribution >= 4 is 17.5 Å². The standard InChI is InChI=1S/C20H31N3O3/c1-4-23(14-20(25)22-18-8-6-5-7-15(18)2)13-19(24)21-16-9-11-17(26-3)12-10-16/h9-12,15,18H,4-8,13-14H2,1-3H3,(H,21,24)(H,22,25)/p+1/t15-,18+/m0/s1. The van der Waals surface area contributed by atoms with Crippen LogP contribution >= 0.6 is 0 Å². The van der Waals surface area contributed by atoms with Crippen LogP contribution in [-0.2, 0) is 9.59 Å². The van der Waals surface area contributed by atoms with Gasteiger partial charge < -0.3 is 20.3 Å².